The Kier molecular flexibility index (Phi) is 6.38. The number of aromatic amines is 1. The number of halogens is 1. The molecule has 4 N–H and O–H groups in total. The van der Waals surface area contributed by atoms with Crippen molar-refractivity contribution < 1.29 is 23.8 Å². The molecule has 0 aliphatic heterocycles. The van der Waals surface area contributed by atoms with Gasteiger partial charge in [0.1, 0.15) is 35.7 Å². The molecule has 10 heteroatoms. The van der Waals surface area contributed by atoms with Crippen LogP contribution < -0.4 is 15.4 Å². The van der Waals surface area contributed by atoms with Crippen molar-refractivity contribution in [3.8, 4) is 17.0 Å². The van der Waals surface area contributed by atoms with Crippen LogP contribution in [0, 0.1) is 18.7 Å². The minimum atomic E-state index is -0.553. The van der Waals surface area contributed by atoms with Crippen LogP contribution in [-0.2, 0) is 4.79 Å². The molecule has 2 amide bonds. The molecule has 1 aromatic carbocycles. The fraction of sp³-hybridized carbons (Fsp3) is 0.440. The van der Waals surface area contributed by atoms with E-state index in [0.717, 1.165) is 25.7 Å². The summed E-state index contributed by atoms with van der Waals surface area (Å²) in [5.74, 6) is -0.0266. The molecule has 0 unspecified atom stereocenters. The lowest BCUT2D eigenvalue weighted by Crippen LogP contribution is -2.38. The van der Waals surface area contributed by atoms with E-state index < -0.39 is 18.3 Å². The number of rotatable bonds is 8. The molecule has 2 fully saturated rings. The highest BCUT2D eigenvalue weighted by molar-refractivity contribution is 6.09. The van der Waals surface area contributed by atoms with Gasteiger partial charge in [0, 0.05) is 23.3 Å². The molecular weight excluding hydrogens is 453 g/mol. The number of benzene rings is 1. The van der Waals surface area contributed by atoms with Gasteiger partial charge in [-0.1, -0.05) is 0 Å². The van der Waals surface area contributed by atoms with Gasteiger partial charge in [0.25, 0.3) is 5.91 Å². The number of aliphatic hydroxyl groups excluding tert-OH is 1. The number of nitrogens with zero attached hydrogens (tertiary/aromatic N) is 2. The maximum absolute atomic E-state index is 14.2. The molecule has 0 radical (unpaired) electrons. The third-order valence-corrected chi connectivity index (χ3v) is 6.64. The Hall–Kier alpha value is -3.53. The van der Waals surface area contributed by atoms with Crippen LogP contribution in [0.15, 0.2) is 24.5 Å². The van der Waals surface area contributed by atoms with Crippen molar-refractivity contribution in [3.05, 3.63) is 41.6 Å². The quantitative estimate of drug-likeness (QED) is 0.392. The molecule has 0 bridgehead atoms. The molecule has 0 spiro atoms. The first-order valence-electron chi connectivity index (χ1n) is 11.9. The number of aryl methyl sites for hydroxylation is 1. The second-order valence-corrected chi connectivity index (χ2v) is 9.37. The SMILES string of the molecule is Cc1[nH]c2c(-c3cc(F)ccc3OCC3CC3)ncnc2c1C(=O)N[C@H]1CC[C@@H](NC(=O)CO)C1. The summed E-state index contributed by atoms with van der Waals surface area (Å²) in [6, 6.07) is 4.17. The Morgan fingerprint density at radius 1 is 1.17 bits per heavy atom. The Labute approximate surface area is 201 Å². The van der Waals surface area contributed by atoms with Crippen molar-refractivity contribution in [3.63, 3.8) is 0 Å². The maximum atomic E-state index is 14.2. The van der Waals surface area contributed by atoms with Crippen LogP contribution in [0.3, 0.4) is 0 Å². The lowest BCUT2D eigenvalue weighted by atomic mass is 10.1. The molecule has 0 saturated heterocycles. The van der Waals surface area contributed by atoms with E-state index in [9.17, 15) is 14.0 Å². The Balaban J connectivity index is 1.41. The lowest BCUT2D eigenvalue weighted by Gasteiger charge is -2.14. The number of amides is 2. The fourth-order valence-corrected chi connectivity index (χ4v) is 4.68. The maximum Gasteiger partial charge on any atom is 0.255 e. The van der Waals surface area contributed by atoms with E-state index in [0.29, 0.717) is 58.2 Å². The Morgan fingerprint density at radius 3 is 2.69 bits per heavy atom. The van der Waals surface area contributed by atoms with Crippen LogP contribution in [0.2, 0.25) is 0 Å². The van der Waals surface area contributed by atoms with Gasteiger partial charge in [-0.2, -0.15) is 0 Å². The number of aromatic nitrogens is 3. The van der Waals surface area contributed by atoms with E-state index in [1.807, 2.05) is 0 Å². The molecule has 184 valence electrons. The number of hydrogen-bond acceptors (Lipinski definition) is 6. The summed E-state index contributed by atoms with van der Waals surface area (Å²) in [4.78, 5) is 36.7. The zero-order chi connectivity index (χ0) is 24.5. The third-order valence-electron chi connectivity index (χ3n) is 6.64. The van der Waals surface area contributed by atoms with Crippen molar-refractivity contribution in [2.24, 2.45) is 5.92 Å². The number of H-pyrrole nitrogens is 1. The normalized spacial score (nSPS) is 19.6. The van der Waals surface area contributed by atoms with Crippen molar-refractivity contribution >= 4 is 22.8 Å². The number of carbonyl (C=O) groups is 2. The first-order valence-corrected chi connectivity index (χ1v) is 11.9. The van der Waals surface area contributed by atoms with E-state index in [1.54, 1.807) is 13.0 Å². The van der Waals surface area contributed by atoms with E-state index in [1.165, 1.54) is 18.5 Å². The number of aliphatic hydroxyl groups is 1. The second-order valence-electron chi connectivity index (χ2n) is 9.37. The van der Waals surface area contributed by atoms with Gasteiger partial charge in [0.05, 0.1) is 17.7 Å². The van der Waals surface area contributed by atoms with Crippen LogP contribution in [-0.4, -0.2) is 57.2 Å². The zero-order valence-corrected chi connectivity index (χ0v) is 19.4. The molecular formula is C25H28FN5O4. The van der Waals surface area contributed by atoms with Crippen molar-refractivity contribution in [2.45, 2.75) is 51.1 Å². The molecule has 2 aliphatic carbocycles. The average Bonchev–Trinajstić information content (AvgIpc) is 3.47. The number of ether oxygens (including phenoxy) is 1. The van der Waals surface area contributed by atoms with Crippen LogP contribution in [0.1, 0.15) is 48.2 Å². The van der Waals surface area contributed by atoms with Crippen molar-refractivity contribution in [1.82, 2.24) is 25.6 Å². The number of fused-ring (bicyclic) bond motifs is 1. The topological polar surface area (TPSA) is 129 Å². The van der Waals surface area contributed by atoms with Crippen molar-refractivity contribution in [1.29, 1.82) is 0 Å². The average molecular weight is 482 g/mol. The fourth-order valence-electron chi connectivity index (χ4n) is 4.68. The minimum absolute atomic E-state index is 0.0834. The van der Waals surface area contributed by atoms with Gasteiger partial charge in [-0.15, -0.1) is 0 Å². The molecule has 2 heterocycles. The number of hydrogen-bond donors (Lipinski definition) is 4. The van der Waals surface area contributed by atoms with Gasteiger partial charge >= 0.3 is 0 Å². The highest BCUT2D eigenvalue weighted by Gasteiger charge is 2.29. The summed E-state index contributed by atoms with van der Waals surface area (Å²) in [5, 5.41) is 14.7. The summed E-state index contributed by atoms with van der Waals surface area (Å²) in [7, 11) is 0. The smallest absolute Gasteiger partial charge is 0.255 e. The van der Waals surface area contributed by atoms with E-state index in [-0.39, 0.29) is 18.0 Å². The Morgan fingerprint density at radius 2 is 1.94 bits per heavy atom. The first-order chi connectivity index (χ1) is 16.9. The van der Waals surface area contributed by atoms with Gasteiger partial charge in [0.2, 0.25) is 5.91 Å². The summed E-state index contributed by atoms with van der Waals surface area (Å²) in [6.07, 6.45) is 5.67. The zero-order valence-electron chi connectivity index (χ0n) is 19.4. The van der Waals surface area contributed by atoms with Crippen LogP contribution in [0.5, 0.6) is 5.75 Å². The predicted octanol–water partition coefficient (Wildman–Crippen LogP) is 2.62. The summed E-state index contributed by atoms with van der Waals surface area (Å²) in [6.45, 7) is 1.81. The monoisotopic (exact) mass is 481 g/mol. The van der Waals surface area contributed by atoms with E-state index >= 15 is 0 Å². The first kappa shape index (κ1) is 23.2. The van der Waals surface area contributed by atoms with E-state index in [4.69, 9.17) is 9.84 Å². The minimum Gasteiger partial charge on any atom is -0.493 e. The molecule has 2 aromatic heterocycles. The number of carbonyl (C=O) groups excluding carboxylic acids is 2. The highest BCUT2D eigenvalue weighted by Crippen LogP contribution is 2.37. The second kappa shape index (κ2) is 9.61. The van der Waals surface area contributed by atoms with Crippen LogP contribution in [0.4, 0.5) is 4.39 Å². The van der Waals surface area contributed by atoms with Gasteiger partial charge in [0.15, 0.2) is 0 Å². The van der Waals surface area contributed by atoms with Crippen LogP contribution in [0.25, 0.3) is 22.3 Å². The largest absolute Gasteiger partial charge is 0.493 e. The van der Waals surface area contributed by atoms with Crippen LogP contribution >= 0.6 is 0 Å². The summed E-state index contributed by atoms with van der Waals surface area (Å²) >= 11 is 0. The number of nitrogens with one attached hydrogen (secondary N) is 3. The molecule has 9 nitrogen and oxygen atoms in total. The molecule has 3 aromatic rings. The predicted molar refractivity (Wildman–Crippen MR) is 126 cm³/mol. The Bertz CT molecular complexity index is 1270. The van der Waals surface area contributed by atoms with Gasteiger partial charge in [-0.05, 0) is 63.1 Å². The standard InChI is InChI=1S/C25H28FN5O4/c1-13-21(25(34)31-17-6-5-16(9-17)30-20(33)10-32)23-24(29-13)22(27-12-28-23)18-8-15(26)4-7-19(18)35-11-14-2-3-14/h4,7-8,12,14,16-17,29,32H,2-3,5-6,9-11H2,1H3,(H,30,33)(H,31,34)/t16-,17+/m1/s1. The van der Waals surface area contributed by atoms with E-state index in [2.05, 4.69) is 25.6 Å². The van der Waals surface area contributed by atoms with Gasteiger partial charge in [-0.3, -0.25) is 9.59 Å². The molecule has 2 aliphatic rings. The van der Waals surface area contributed by atoms with Gasteiger partial charge in [-0.25, -0.2) is 14.4 Å². The highest BCUT2D eigenvalue weighted by atomic mass is 19.1. The van der Waals surface area contributed by atoms with Gasteiger partial charge < -0.3 is 25.5 Å². The molecule has 35 heavy (non-hydrogen) atoms. The molecule has 2 atom stereocenters. The molecule has 5 rings (SSSR count). The lowest BCUT2D eigenvalue weighted by molar-refractivity contribution is -0.124. The summed E-state index contributed by atoms with van der Waals surface area (Å²) in [5.41, 5.74) is 2.99. The summed E-state index contributed by atoms with van der Waals surface area (Å²) < 4.78 is 20.2. The third kappa shape index (κ3) is 4.97. The van der Waals surface area contributed by atoms with Crippen molar-refractivity contribution in [2.75, 3.05) is 13.2 Å². The molecule has 2 saturated carbocycles.